The van der Waals surface area contributed by atoms with Crippen molar-refractivity contribution in [2.24, 2.45) is 18.9 Å². The zero-order chi connectivity index (χ0) is 16.8. The molecule has 0 amide bonds. The Labute approximate surface area is 147 Å². The van der Waals surface area contributed by atoms with Crippen LogP contribution >= 0.6 is 0 Å². The van der Waals surface area contributed by atoms with E-state index in [1.54, 1.807) is 0 Å². The van der Waals surface area contributed by atoms with Crippen LogP contribution in [-0.4, -0.2) is 42.3 Å². The maximum absolute atomic E-state index is 4.71. The first-order chi connectivity index (χ1) is 12.3. The molecule has 3 aromatic rings. The van der Waals surface area contributed by atoms with Crippen molar-refractivity contribution in [3.8, 4) is 11.3 Å². The van der Waals surface area contributed by atoms with Crippen molar-refractivity contribution in [1.82, 2.24) is 29.2 Å². The van der Waals surface area contributed by atoms with E-state index >= 15 is 0 Å². The Balaban J connectivity index is 1.35. The summed E-state index contributed by atoms with van der Waals surface area (Å²) in [6, 6.07) is 6.17. The first kappa shape index (κ1) is 14.8. The molecule has 1 saturated heterocycles. The standard InChI is InChI=1S/C19H22N6/c1-23-9-15(7-22-23)18-8-21-19-6-14-10-24(11-16(14)12-25(18)19)13-17-4-2-3-5-20-17/h2-5,7-9,14,16H,6,10-13H2,1H3/t14-,16-/m0/s1. The third kappa shape index (κ3) is 2.66. The molecular formula is C19H22N6. The van der Waals surface area contributed by atoms with Gasteiger partial charge in [-0.1, -0.05) is 6.07 Å². The SMILES string of the molecule is Cn1cc(-c2cnc3n2C[C@@H]2CN(Cc4ccccn4)C[C@@H]2C3)cn1. The zero-order valence-corrected chi connectivity index (χ0v) is 14.4. The summed E-state index contributed by atoms with van der Waals surface area (Å²) in [5.74, 6) is 2.63. The summed E-state index contributed by atoms with van der Waals surface area (Å²) < 4.78 is 4.26. The number of hydrogen-bond donors (Lipinski definition) is 0. The zero-order valence-electron chi connectivity index (χ0n) is 14.4. The summed E-state index contributed by atoms with van der Waals surface area (Å²) in [4.78, 5) is 11.7. The van der Waals surface area contributed by atoms with Gasteiger partial charge in [-0.25, -0.2) is 4.98 Å². The maximum Gasteiger partial charge on any atom is 0.109 e. The van der Waals surface area contributed by atoms with Gasteiger partial charge in [-0.05, 0) is 24.0 Å². The largest absolute Gasteiger partial charge is 0.328 e. The van der Waals surface area contributed by atoms with E-state index in [9.17, 15) is 0 Å². The van der Waals surface area contributed by atoms with Gasteiger partial charge in [-0.2, -0.15) is 5.10 Å². The minimum absolute atomic E-state index is 0.695. The topological polar surface area (TPSA) is 51.8 Å². The van der Waals surface area contributed by atoms with Gasteiger partial charge >= 0.3 is 0 Å². The van der Waals surface area contributed by atoms with Gasteiger partial charge in [0.05, 0.1) is 23.8 Å². The van der Waals surface area contributed by atoms with Crippen LogP contribution < -0.4 is 0 Å². The van der Waals surface area contributed by atoms with Crippen molar-refractivity contribution in [3.63, 3.8) is 0 Å². The molecule has 0 aromatic carbocycles. The molecule has 0 spiro atoms. The molecular weight excluding hydrogens is 312 g/mol. The third-order valence-corrected chi connectivity index (χ3v) is 5.56. The van der Waals surface area contributed by atoms with Crippen molar-refractivity contribution >= 4 is 0 Å². The molecule has 5 heterocycles. The van der Waals surface area contributed by atoms with Crippen LogP contribution in [0.3, 0.4) is 0 Å². The number of pyridine rings is 1. The molecule has 0 unspecified atom stereocenters. The summed E-state index contributed by atoms with van der Waals surface area (Å²) >= 11 is 0. The fourth-order valence-electron chi connectivity index (χ4n) is 4.36. The van der Waals surface area contributed by atoms with E-state index in [1.807, 2.05) is 36.4 Å². The number of aryl methyl sites for hydroxylation is 1. The minimum Gasteiger partial charge on any atom is -0.328 e. The van der Waals surface area contributed by atoms with Crippen LogP contribution in [0, 0.1) is 11.8 Å². The first-order valence-corrected chi connectivity index (χ1v) is 8.92. The van der Waals surface area contributed by atoms with E-state index in [0.29, 0.717) is 11.8 Å². The van der Waals surface area contributed by atoms with Crippen molar-refractivity contribution in [3.05, 3.63) is 54.5 Å². The lowest BCUT2D eigenvalue weighted by atomic mass is 9.89. The highest BCUT2D eigenvalue weighted by atomic mass is 15.2. The number of nitrogens with zero attached hydrogens (tertiary/aromatic N) is 6. The van der Waals surface area contributed by atoms with Gasteiger partial charge in [0.1, 0.15) is 5.82 Å². The molecule has 0 bridgehead atoms. The highest BCUT2D eigenvalue weighted by Gasteiger charge is 2.38. The summed E-state index contributed by atoms with van der Waals surface area (Å²) in [5.41, 5.74) is 3.52. The van der Waals surface area contributed by atoms with Crippen LogP contribution in [0.15, 0.2) is 43.0 Å². The fraction of sp³-hybridized carbons (Fsp3) is 0.421. The molecule has 2 aliphatic rings. The Morgan fingerprint density at radius 1 is 1.08 bits per heavy atom. The molecule has 5 rings (SSSR count). The van der Waals surface area contributed by atoms with E-state index in [0.717, 1.165) is 43.9 Å². The normalized spacial score (nSPS) is 22.8. The fourth-order valence-corrected chi connectivity index (χ4v) is 4.36. The highest BCUT2D eigenvalue weighted by molar-refractivity contribution is 5.57. The molecule has 3 aromatic heterocycles. The van der Waals surface area contributed by atoms with E-state index in [4.69, 9.17) is 4.98 Å². The lowest BCUT2D eigenvalue weighted by molar-refractivity contribution is 0.304. The smallest absolute Gasteiger partial charge is 0.109 e. The molecule has 25 heavy (non-hydrogen) atoms. The van der Waals surface area contributed by atoms with Crippen molar-refractivity contribution < 1.29 is 0 Å². The van der Waals surface area contributed by atoms with Crippen molar-refractivity contribution in [1.29, 1.82) is 0 Å². The molecule has 0 saturated carbocycles. The molecule has 0 N–H and O–H groups in total. The Morgan fingerprint density at radius 2 is 2.00 bits per heavy atom. The number of fused-ring (bicyclic) bond motifs is 2. The van der Waals surface area contributed by atoms with E-state index in [2.05, 4.69) is 37.9 Å². The molecule has 0 radical (unpaired) electrons. The second-order valence-electron chi connectivity index (χ2n) is 7.31. The maximum atomic E-state index is 4.71. The second kappa shape index (κ2) is 5.81. The van der Waals surface area contributed by atoms with Gasteiger partial charge < -0.3 is 4.57 Å². The van der Waals surface area contributed by atoms with Gasteiger partial charge in [0.25, 0.3) is 0 Å². The van der Waals surface area contributed by atoms with Gasteiger partial charge in [-0.15, -0.1) is 0 Å². The van der Waals surface area contributed by atoms with Crippen molar-refractivity contribution in [2.45, 2.75) is 19.5 Å². The molecule has 6 nitrogen and oxygen atoms in total. The summed E-state index contributed by atoms with van der Waals surface area (Å²) in [6.45, 7) is 4.30. The summed E-state index contributed by atoms with van der Waals surface area (Å²) in [5, 5.41) is 4.31. The molecule has 2 atom stereocenters. The minimum atomic E-state index is 0.695. The monoisotopic (exact) mass is 334 g/mol. The molecule has 1 fully saturated rings. The van der Waals surface area contributed by atoms with Crippen molar-refractivity contribution in [2.75, 3.05) is 13.1 Å². The second-order valence-corrected chi connectivity index (χ2v) is 7.31. The van der Waals surface area contributed by atoms with Gasteiger partial charge in [0, 0.05) is 57.6 Å². The van der Waals surface area contributed by atoms with Crippen LogP contribution in [0.1, 0.15) is 11.5 Å². The molecule has 6 heteroatoms. The first-order valence-electron chi connectivity index (χ1n) is 8.92. The van der Waals surface area contributed by atoms with Gasteiger partial charge in [0.15, 0.2) is 0 Å². The number of rotatable bonds is 3. The predicted molar refractivity (Wildman–Crippen MR) is 94.6 cm³/mol. The molecule has 2 aliphatic heterocycles. The van der Waals surface area contributed by atoms with E-state index < -0.39 is 0 Å². The lowest BCUT2D eigenvalue weighted by Crippen LogP contribution is -2.28. The van der Waals surface area contributed by atoms with E-state index in [-0.39, 0.29) is 0 Å². The van der Waals surface area contributed by atoms with Gasteiger partial charge in [-0.3, -0.25) is 14.6 Å². The molecule has 0 aliphatic carbocycles. The lowest BCUT2D eigenvalue weighted by Gasteiger charge is -2.26. The summed E-state index contributed by atoms with van der Waals surface area (Å²) in [6.07, 6.45) is 8.97. The highest BCUT2D eigenvalue weighted by Crippen LogP contribution is 2.35. The van der Waals surface area contributed by atoms with E-state index in [1.165, 1.54) is 11.5 Å². The summed E-state index contributed by atoms with van der Waals surface area (Å²) in [7, 11) is 1.96. The average molecular weight is 334 g/mol. The quantitative estimate of drug-likeness (QED) is 0.735. The van der Waals surface area contributed by atoms with Crippen LogP contribution in [-0.2, 0) is 26.6 Å². The Morgan fingerprint density at radius 3 is 2.80 bits per heavy atom. The van der Waals surface area contributed by atoms with Crippen LogP contribution in [0.5, 0.6) is 0 Å². The number of likely N-dealkylation sites (tertiary alicyclic amines) is 1. The molecule has 128 valence electrons. The van der Waals surface area contributed by atoms with Crippen LogP contribution in [0.2, 0.25) is 0 Å². The van der Waals surface area contributed by atoms with Crippen LogP contribution in [0.25, 0.3) is 11.3 Å². The average Bonchev–Trinajstić information content (AvgIpc) is 3.31. The number of imidazole rings is 1. The Bertz CT molecular complexity index is 880. The van der Waals surface area contributed by atoms with Gasteiger partial charge in [0.2, 0.25) is 0 Å². The number of hydrogen-bond acceptors (Lipinski definition) is 4. The third-order valence-electron chi connectivity index (χ3n) is 5.56. The number of aromatic nitrogens is 5. The predicted octanol–water partition coefficient (Wildman–Crippen LogP) is 1.98. The van der Waals surface area contributed by atoms with Crippen LogP contribution in [0.4, 0.5) is 0 Å². The Kier molecular flexibility index (Phi) is 3.45. The Hall–Kier alpha value is -2.47.